The largest absolute Gasteiger partial charge is 0.480 e. The van der Waals surface area contributed by atoms with Gasteiger partial charge in [0.2, 0.25) is 5.91 Å². The quantitative estimate of drug-likeness (QED) is 0.0772. The summed E-state index contributed by atoms with van der Waals surface area (Å²) in [5.74, 6) is -1.95. The van der Waals surface area contributed by atoms with Crippen molar-refractivity contribution in [3.8, 4) is 0 Å². The van der Waals surface area contributed by atoms with Crippen LogP contribution in [0.5, 0.6) is 0 Å². The molecule has 1 aliphatic rings. The highest BCUT2D eigenvalue weighted by Crippen LogP contribution is 2.32. The minimum absolute atomic E-state index is 0.0489. The van der Waals surface area contributed by atoms with Gasteiger partial charge in [0.05, 0.1) is 6.10 Å². The molecule has 7 N–H and O–H groups in total. The zero-order chi connectivity index (χ0) is 32.5. The lowest BCUT2D eigenvalue weighted by molar-refractivity contribution is -0.164. The first-order valence-corrected chi connectivity index (χ1v) is 16.4. The van der Waals surface area contributed by atoms with Crippen LogP contribution in [0.15, 0.2) is 21.9 Å². The normalized spacial score (nSPS) is 21.3. The zero-order valence-electron chi connectivity index (χ0n) is 26.1. The molecular formula is C31H54N4O9. The summed E-state index contributed by atoms with van der Waals surface area (Å²) in [5, 5.41) is 42.2. The number of aromatic amines is 1. The van der Waals surface area contributed by atoms with E-state index in [1.54, 1.807) is 0 Å². The average Bonchev–Trinajstić information content (AvgIpc) is 3.26. The maximum Gasteiger partial charge on any atom is 0.330 e. The van der Waals surface area contributed by atoms with Crippen molar-refractivity contribution in [1.29, 1.82) is 0 Å². The van der Waals surface area contributed by atoms with E-state index in [0.717, 1.165) is 47.4 Å². The molecule has 0 bridgehead atoms. The number of aromatic nitrogens is 2. The second kappa shape index (κ2) is 20.5. The summed E-state index contributed by atoms with van der Waals surface area (Å²) in [6.45, 7) is 2.46. The number of amides is 1. The Kier molecular flexibility index (Phi) is 17.5. The maximum absolute atomic E-state index is 13.3. The van der Waals surface area contributed by atoms with Crippen LogP contribution in [0.3, 0.4) is 0 Å². The zero-order valence-corrected chi connectivity index (χ0v) is 26.1. The lowest BCUT2D eigenvalue weighted by Crippen LogP contribution is -2.53. The predicted molar refractivity (Wildman–Crippen MR) is 165 cm³/mol. The molecule has 1 aliphatic heterocycles. The van der Waals surface area contributed by atoms with Crippen LogP contribution >= 0.6 is 0 Å². The Hall–Kier alpha value is -2.58. The molecule has 0 radical (unpaired) electrons. The van der Waals surface area contributed by atoms with E-state index < -0.39 is 66.4 Å². The molecule has 44 heavy (non-hydrogen) atoms. The van der Waals surface area contributed by atoms with Crippen molar-refractivity contribution in [3.05, 3.63) is 33.1 Å². The Labute approximate surface area is 259 Å². The number of carboxylic acids is 1. The summed E-state index contributed by atoms with van der Waals surface area (Å²) in [5.41, 5.74) is 4.03. The summed E-state index contributed by atoms with van der Waals surface area (Å²) in [7, 11) is 0. The average molecular weight is 627 g/mol. The first-order valence-electron chi connectivity index (χ1n) is 16.4. The van der Waals surface area contributed by atoms with E-state index in [4.69, 9.17) is 10.5 Å². The van der Waals surface area contributed by atoms with E-state index >= 15 is 0 Å². The molecule has 13 nitrogen and oxygen atoms in total. The highest BCUT2D eigenvalue weighted by molar-refractivity contribution is 5.83. The number of nitrogens with zero attached hydrogens (tertiary/aromatic N) is 2. The number of nitrogens with one attached hydrogen (secondary N) is 1. The molecule has 0 spiro atoms. The number of rotatable bonds is 23. The van der Waals surface area contributed by atoms with Gasteiger partial charge in [0.25, 0.3) is 5.56 Å². The highest BCUT2D eigenvalue weighted by Gasteiger charge is 2.47. The monoisotopic (exact) mass is 626 g/mol. The highest BCUT2D eigenvalue weighted by atomic mass is 16.6. The van der Waals surface area contributed by atoms with Crippen LogP contribution in [0.4, 0.5) is 0 Å². The number of ether oxygens (including phenoxy) is 1. The van der Waals surface area contributed by atoms with Gasteiger partial charge in [-0.25, -0.2) is 9.59 Å². The van der Waals surface area contributed by atoms with E-state index in [1.807, 2.05) is 4.98 Å². The summed E-state index contributed by atoms with van der Waals surface area (Å²) in [6.07, 6.45) is 8.57. The summed E-state index contributed by atoms with van der Waals surface area (Å²) < 4.78 is 6.57. The van der Waals surface area contributed by atoms with Crippen LogP contribution in [0.1, 0.15) is 122 Å². The number of aliphatic hydroxyl groups excluding tert-OH is 3. The van der Waals surface area contributed by atoms with Crippen LogP contribution < -0.4 is 17.0 Å². The summed E-state index contributed by atoms with van der Waals surface area (Å²) in [4.78, 5) is 52.3. The number of carboxylic acid groups (broad SMARTS) is 1. The fourth-order valence-electron chi connectivity index (χ4n) is 5.75. The van der Waals surface area contributed by atoms with Gasteiger partial charge in [0.1, 0.15) is 24.5 Å². The molecule has 0 aromatic carbocycles. The van der Waals surface area contributed by atoms with E-state index in [-0.39, 0.29) is 19.4 Å². The Morgan fingerprint density at radius 2 is 1.52 bits per heavy atom. The number of aliphatic hydroxyl groups is 3. The minimum atomic E-state index is -1.62. The Bertz CT molecular complexity index is 1090. The molecule has 6 atom stereocenters. The van der Waals surface area contributed by atoms with Crippen LogP contribution in [0.2, 0.25) is 0 Å². The second-order valence-corrected chi connectivity index (χ2v) is 11.9. The van der Waals surface area contributed by atoms with Crippen molar-refractivity contribution in [1.82, 2.24) is 14.5 Å². The molecule has 13 heteroatoms. The molecule has 0 aliphatic carbocycles. The lowest BCUT2D eigenvalue weighted by atomic mass is 10.00. The van der Waals surface area contributed by atoms with Crippen LogP contribution in [0, 0.1) is 0 Å². The Balaban J connectivity index is 1.94. The molecule has 252 valence electrons. The molecule has 0 saturated carbocycles. The molecule has 1 fully saturated rings. The van der Waals surface area contributed by atoms with E-state index in [9.17, 15) is 39.6 Å². The van der Waals surface area contributed by atoms with Crippen LogP contribution in [0.25, 0.3) is 0 Å². The Morgan fingerprint density at radius 1 is 0.955 bits per heavy atom. The molecular weight excluding hydrogens is 572 g/mol. The fourth-order valence-corrected chi connectivity index (χ4v) is 5.75. The number of nitrogens with two attached hydrogens (primary N) is 1. The van der Waals surface area contributed by atoms with Crippen molar-refractivity contribution < 1.29 is 34.8 Å². The third-order valence-corrected chi connectivity index (χ3v) is 8.31. The SMILES string of the molecule is CCCCCCCCCCCCCCCC(=O)N(C(O)CCCN)C(CC1OC(n2ccc(=O)[nH]c2=O)C(O)C1O)C(=O)O. The van der Waals surface area contributed by atoms with Crippen LogP contribution in [-0.2, 0) is 14.3 Å². The van der Waals surface area contributed by atoms with Gasteiger partial charge >= 0.3 is 11.7 Å². The number of aliphatic carboxylic acids is 1. The van der Waals surface area contributed by atoms with E-state index in [2.05, 4.69) is 6.92 Å². The van der Waals surface area contributed by atoms with Gasteiger partial charge in [-0.3, -0.25) is 19.1 Å². The molecule has 1 saturated heterocycles. The third-order valence-electron chi connectivity index (χ3n) is 8.31. The molecule has 2 heterocycles. The number of H-pyrrole nitrogens is 1. The smallest absolute Gasteiger partial charge is 0.330 e. The van der Waals surface area contributed by atoms with Gasteiger partial charge in [-0.15, -0.1) is 0 Å². The number of unbranched alkanes of at least 4 members (excludes halogenated alkanes) is 12. The number of carbonyl (C=O) groups is 2. The molecule has 1 aromatic heterocycles. The van der Waals surface area contributed by atoms with Gasteiger partial charge in [-0.2, -0.15) is 0 Å². The van der Waals surface area contributed by atoms with Gasteiger partial charge in [0, 0.05) is 25.1 Å². The predicted octanol–water partition coefficient (Wildman–Crippen LogP) is 2.37. The maximum atomic E-state index is 13.3. The van der Waals surface area contributed by atoms with Gasteiger partial charge in [0.15, 0.2) is 6.23 Å². The van der Waals surface area contributed by atoms with E-state index in [0.29, 0.717) is 12.8 Å². The topological polar surface area (TPSA) is 208 Å². The van der Waals surface area contributed by atoms with Crippen molar-refractivity contribution in [2.45, 2.75) is 153 Å². The summed E-state index contributed by atoms with van der Waals surface area (Å²) in [6, 6.07) is -0.530. The van der Waals surface area contributed by atoms with Crippen molar-refractivity contribution in [2.24, 2.45) is 5.73 Å². The van der Waals surface area contributed by atoms with Crippen LogP contribution in [-0.4, -0.2) is 83.9 Å². The number of hydrogen-bond acceptors (Lipinski definition) is 9. The molecule has 6 unspecified atom stereocenters. The number of hydrogen-bond donors (Lipinski definition) is 6. The van der Waals surface area contributed by atoms with Crippen molar-refractivity contribution >= 4 is 11.9 Å². The third kappa shape index (κ3) is 12.1. The first-order chi connectivity index (χ1) is 21.1. The van der Waals surface area contributed by atoms with Crippen molar-refractivity contribution in [3.63, 3.8) is 0 Å². The Morgan fingerprint density at radius 3 is 2.05 bits per heavy atom. The second-order valence-electron chi connectivity index (χ2n) is 11.9. The lowest BCUT2D eigenvalue weighted by Gasteiger charge is -2.35. The van der Waals surface area contributed by atoms with Gasteiger partial charge in [-0.1, -0.05) is 84.0 Å². The molecule has 1 aromatic rings. The fraction of sp³-hybridized carbons (Fsp3) is 0.806. The first kappa shape index (κ1) is 37.6. The van der Waals surface area contributed by atoms with E-state index in [1.165, 1.54) is 51.4 Å². The molecule has 2 rings (SSSR count). The minimum Gasteiger partial charge on any atom is -0.480 e. The number of carbonyl (C=O) groups excluding carboxylic acids is 1. The van der Waals surface area contributed by atoms with Gasteiger partial charge < -0.3 is 35.8 Å². The van der Waals surface area contributed by atoms with Gasteiger partial charge in [-0.05, 0) is 25.8 Å². The molecule has 1 amide bonds. The summed E-state index contributed by atoms with van der Waals surface area (Å²) >= 11 is 0. The standard InChI is InChI=1S/C31H54N4O9/c1-2-3-4-5-6-7-8-9-10-11-12-13-14-16-25(37)35(26(38)17-15-19-32)22(30(41)42)21-23-27(39)28(40)29(44-23)34-20-18-24(36)33-31(34)43/h18,20,22-23,26-29,38-40H,2-17,19,21,32H2,1H3,(H,41,42)(H,33,36,43). The van der Waals surface area contributed by atoms with Crippen molar-refractivity contribution in [2.75, 3.05) is 6.54 Å².